The lowest BCUT2D eigenvalue weighted by Gasteiger charge is -2.31. The lowest BCUT2D eigenvalue weighted by molar-refractivity contribution is 0.322. The first-order valence-electron chi connectivity index (χ1n) is 4.30. The summed E-state index contributed by atoms with van der Waals surface area (Å²) in [6.45, 7) is 0.164. The van der Waals surface area contributed by atoms with E-state index in [1.165, 1.54) is 4.90 Å². The van der Waals surface area contributed by atoms with Crippen LogP contribution in [0.2, 0.25) is 0 Å². The molecule has 0 aliphatic rings. The Morgan fingerprint density at radius 3 is 2.50 bits per heavy atom. The third-order valence-electron chi connectivity index (χ3n) is 1.89. The summed E-state index contributed by atoms with van der Waals surface area (Å²) < 4.78 is 0. The fraction of sp³-hybridized carbons (Fsp3) is 0.273. The van der Waals surface area contributed by atoms with Crippen LogP contribution in [0.1, 0.15) is 0 Å². The van der Waals surface area contributed by atoms with Crippen LogP contribution in [0.3, 0.4) is 0 Å². The van der Waals surface area contributed by atoms with Crippen molar-refractivity contribution < 1.29 is 5.11 Å². The van der Waals surface area contributed by atoms with Crippen LogP contribution in [0.4, 0.5) is 0 Å². The molecule has 0 aliphatic carbocycles. The van der Waals surface area contributed by atoms with Crippen molar-refractivity contribution in [3.8, 4) is 12.3 Å². The van der Waals surface area contributed by atoms with E-state index in [-0.39, 0.29) is 6.61 Å². The lowest BCUT2D eigenvalue weighted by atomic mass is 10.4. The van der Waals surface area contributed by atoms with E-state index in [1.54, 1.807) is 0 Å². The van der Waals surface area contributed by atoms with Crippen molar-refractivity contribution in [2.45, 2.75) is 4.90 Å². The van der Waals surface area contributed by atoms with E-state index >= 15 is 0 Å². The molecule has 0 amide bonds. The van der Waals surface area contributed by atoms with Crippen molar-refractivity contribution in [1.82, 2.24) is 0 Å². The summed E-state index contributed by atoms with van der Waals surface area (Å²) in [7, 11) is -1.19. The zero-order chi connectivity index (χ0) is 10.4. The summed E-state index contributed by atoms with van der Waals surface area (Å²) >= 11 is 3.69. The van der Waals surface area contributed by atoms with Crippen LogP contribution < -0.4 is 0 Å². The highest BCUT2D eigenvalue weighted by Gasteiger charge is 2.20. The number of terminal acetylenes is 1. The van der Waals surface area contributed by atoms with Crippen molar-refractivity contribution in [2.75, 3.05) is 18.1 Å². The molecule has 1 N–H and O–H groups in total. The summed E-state index contributed by atoms with van der Waals surface area (Å²) in [6, 6.07) is 10.1. The number of aliphatic hydroxyl groups excluding tert-OH is 1. The SMILES string of the molecule is C#CCS(Br)(CCO)c1ccccc1. The van der Waals surface area contributed by atoms with Gasteiger partial charge in [-0.3, -0.25) is 0 Å². The molecule has 0 aromatic heterocycles. The Hall–Kier alpha value is -0.430. The van der Waals surface area contributed by atoms with Gasteiger partial charge in [0, 0.05) is 10.6 Å². The summed E-state index contributed by atoms with van der Waals surface area (Å²) in [5.41, 5.74) is 0. The Morgan fingerprint density at radius 2 is 2.00 bits per heavy atom. The van der Waals surface area contributed by atoms with E-state index in [2.05, 4.69) is 32.9 Å². The Morgan fingerprint density at radius 1 is 1.36 bits per heavy atom. The Labute approximate surface area is 94.1 Å². The predicted molar refractivity (Wildman–Crippen MR) is 66.9 cm³/mol. The standard InChI is InChI=1S/C11H13BrOS/c1-2-9-14(12,10-8-13)11-6-4-3-5-7-11/h1,3-7,13H,8-10H2. The molecule has 3 heteroatoms. The molecule has 1 nitrogen and oxygen atoms in total. The first-order chi connectivity index (χ1) is 6.73. The highest BCUT2D eigenvalue weighted by atomic mass is 79.9. The van der Waals surface area contributed by atoms with Gasteiger partial charge in [0.25, 0.3) is 0 Å². The van der Waals surface area contributed by atoms with Crippen LogP contribution in [-0.2, 0) is 0 Å². The van der Waals surface area contributed by atoms with Gasteiger partial charge in [-0.1, -0.05) is 24.1 Å². The van der Waals surface area contributed by atoms with Crippen LogP contribution in [0, 0.1) is 12.3 Å². The first kappa shape index (κ1) is 11.6. The molecule has 0 spiro atoms. The molecule has 76 valence electrons. The van der Waals surface area contributed by atoms with Crippen LogP contribution in [-0.4, -0.2) is 23.2 Å². The molecule has 0 aliphatic heterocycles. The number of hydrogen-bond donors (Lipinski definition) is 1. The molecule has 1 rings (SSSR count). The van der Waals surface area contributed by atoms with Crippen LogP contribution in [0.15, 0.2) is 35.2 Å². The minimum atomic E-state index is -1.19. The molecule has 0 fully saturated rings. The summed E-state index contributed by atoms with van der Waals surface area (Å²) in [5, 5.41) is 9.01. The van der Waals surface area contributed by atoms with E-state index in [0.29, 0.717) is 11.5 Å². The number of hydrogen-bond acceptors (Lipinski definition) is 1. The molecule has 0 radical (unpaired) electrons. The molecule has 1 unspecified atom stereocenters. The molecule has 1 atom stereocenters. The van der Waals surface area contributed by atoms with Crippen molar-refractivity contribution in [2.24, 2.45) is 0 Å². The van der Waals surface area contributed by atoms with Gasteiger partial charge in [0.2, 0.25) is 0 Å². The topological polar surface area (TPSA) is 20.2 Å². The Kier molecular flexibility index (Phi) is 4.53. The lowest BCUT2D eigenvalue weighted by Crippen LogP contribution is -2.05. The summed E-state index contributed by atoms with van der Waals surface area (Å²) in [6.07, 6.45) is 5.34. The smallest absolute Gasteiger partial charge is 0.0518 e. The van der Waals surface area contributed by atoms with Gasteiger partial charge in [-0.25, -0.2) is 0 Å². The first-order valence-corrected chi connectivity index (χ1v) is 8.12. The third kappa shape index (κ3) is 2.78. The van der Waals surface area contributed by atoms with Crippen molar-refractivity contribution >= 4 is 23.3 Å². The normalized spacial score (nSPS) is 16.6. The van der Waals surface area contributed by atoms with Crippen LogP contribution in [0.5, 0.6) is 0 Å². The average Bonchev–Trinajstić information content (AvgIpc) is 2.20. The fourth-order valence-corrected chi connectivity index (χ4v) is 4.44. The largest absolute Gasteiger partial charge is 0.396 e. The maximum absolute atomic E-state index is 9.01. The maximum Gasteiger partial charge on any atom is 0.0518 e. The Balaban J connectivity index is 2.94. The van der Waals surface area contributed by atoms with Gasteiger partial charge in [-0.05, 0) is 26.9 Å². The number of halogens is 1. The van der Waals surface area contributed by atoms with E-state index in [4.69, 9.17) is 11.5 Å². The van der Waals surface area contributed by atoms with Gasteiger partial charge in [0.1, 0.15) is 0 Å². The second-order valence-electron chi connectivity index (χ2n) is 2.88. The van der Waals surface area contributed by atoms with Gasteiger partial charge >= 0.3 is 0 Å². The number of aliphatic hydroxyl groups is 1. The summed E-state index contributed by atoms with van der Waals surface area (Å²) in [5.74, 6) is 4.04. The van der Waals surface area contributed by atoms with Gasteiger partial charge in [0.15, 0.2) is 0 Å². The van der Waals surface area contributed by atoms with Gasteiger partial charge in [-0.15, -0.1) is 14.9 Å². The van der Waals surface area contributed by atoms with Gasteiger partial charge < -0.3 is 5.11 Å². The summed E-state index contributed by atoms with van der Waals surface area (Å²) in [4.78, 5) is 1.20. The van der Waals surface area contributed by atoms with Crippen molar-refractivity contribution in [1.29, 1.82) is 0 Å². The number of benzene rings is 1. The maximum atomic E-state index is 9.01. The molecular weight excluding hydrogens is 260 g/mol. The average molecular weight is 273 g/mol. The third-order valence-corrected chi connectivity index (χ3v) is 7.24. The quantitative estimate of drug-likeness (QED) is 0.836. The molecule has 0 heterocycles. The molecule has 0 saturated carbocycles. The predicted octanol–water partition coefficient (Wildman–Crippen LogP) is 2.79. The molecule has 1 aromatic carbocycles. The molecule has 0 bridgehead atoms. The number of rotatable bonds is 4. The minimum absolute atomic E-state index is 0.164. The van der Waals surface area contributed by atoms with Crippen molar-refractivity contribution in [3.63, 3.8) is 0 Å². The molecular formula is C11H13BrOS. The van der Waals surface area contributed by atoms with E-state index in [0.717, 1.165) is 0 Å². The minimum Gasteiger partial charge on any atom is -0.396 e. The highest BCUT2D eigenvalue weighted by Crippen LogP contribution is 2.61. The van der Waals surface area contributed by atoms with Gasteiger partial charge in [0.05, 0.1) is 12.4 Å². The van der Waals surface area contributed by atoms with Crippen LogP contribution >= 0.6 is 23.3 Å². The second kappa shape index (κ2) is 5.45. The zero-order valence-corrected chi connectivity index (χ0v) is 10.2. The van der Waals surface area contributed by atoms with Crippen LogP contribution in [0.25, 0.3) is 0 Å². The second-order valence-corrected chi connectivity index (χ2v) is 9.34. The Bertz CT molecular complexity index is 320. The van der Waals surface area contributed by atoms with E-state index in [9.17, 15) is 0 Å². The zero-order valence-electron chi connectivity index (χ0n) is 7.82. The van der Waals surface area contributed by atoms with Gasteiger partial charge in [-0.2, -0.15) is 0 Å². The molecule has 14 heavy (non-hydrogen) atoms. The van der Waals surface area contributed by atoms with Crippen molar-refractivity contribution in [3.05, 3.63) is 30.3 Å². The highest BCUT2D eigenvalue weighted by molar-refractivity contribution is 9.58. The van der Waals surface area contributed by atoms with E-state index < -0.39 is 8.46 Å². The molecule has 0 saturated heterocycles. The monoisotopic (exact) mass is 272 g/mol. The fourth-order valence-electron chi connectivity index (χ4n) is 1.21. The van der Waals surface area contributed by atoms with E-state index in [1.807, 2.05) is 18.2 Å². The molecule has 1 aromatic rings.